The van der Waals surface area contributed by atoms with Crippen LogP contribution < -0.4 is 5.32 Å². The zero-order valence-electron chi connectivity index (χ0n) is 10.1. The zero-order chi connectivity index (χ0) is 11.3. The van der Waals surface area contributed by atoms with Crippen LogP contribution in [0, 0.1) is 5.41 Å². The fourth-order valence-corrected chi connectivity index (χ4v) is 2.17. The van der Waals surface area contributed by atoms with Crippen LogP contribution in [0.3, 0.4) is 0 Å². The molecule has 1 unspecified atom stereocenters. The molecule has 90 valence electrons. The number of rotatable bonds is 5. The lowest BCUT2D eigenvalue weighted by molar-refractivity contribution is -0.0602. The molecule has 4 heteroatoms. The van der Waals surface area contributed by atoms with Gasteiger partial charge in [-0.15, -0.1) is 0 Å². The van der Waals surface area contributed by atoms with Crippen molar-refractivity contribution in [1.29, 1.82) is 0 Å². The van der Waals surface area contributed by atoms with Gasteiger partial charge in [0.05, 0.1) is 19.3 Å². The van der Waals surface area contributed by atoms with E-state index in [1.165, 1.54) is 0 Å². The summed E-state index contributed by atoms with van der Waals surface area (Å²) in [4.78, 5) is 2.38. The van der Waals surface area contributed by atoms with Crippen LogP contribution in [0.5, 0.6) is 0 Å². The monoisotopic (exact) mass is 216 g/mol. The molecule has 0 spiro atoms. The van der Waals surface area contributed by atoms with Gasteiger partial charge in [-0.1, -0.05) is 13.8 Å². The highest BCUT2D eigenvalue weighted by molar-refractivity contribution is 4.79. The van der Waals surface area contributed by atoms with E-state index < -0.39 is 0 Å². The molecule has 1 aliphatic rings. The third-order valence-corrected chi connectivity index (χ3v) is 2.73. The van der Waals surface area contributed by atoms with Gasteiger partial charge >= 0.3 is 0 Å². The second kappa shape index (κ2) is 5.80. The lowest BCUT2D eigenvalue weighted by Crippen LogP contribution is -2.48. The van der Waals surface area contributed by atoms with Gasteiger partial charge in [0, 0.05) is 26.2 Å². The number of ether oxygens (including phenoxy) is 1. The molecular weight excluding hydrogens is 192 g/mol. The van der Waals surface area contributed by atoms with E-state index in [0.29, 0.717) is 0 Å². The first-order chi connectivity index (χ1) is 7.07. The second-order valence-corrected chi connectivity index (χ2v) is 5.11. The predicted octanol–water partition coefficient (Wildman–Crippen LogP) is -0.0749. The maximum atomic E-state index is 9.05. The van der Waals surface area contributed by atoms with Crippen molar-refractivity contribution in [2.45, 2.75) is 20.0 Å². The molecule has 1 atom stereocenters. The largest absolute Gasteiger partial charge is 0.394 e. The highest BCUT2D eigenvalue weighted by Crippen LogP contribution is 2.17. The number of nitrogens with zero attached hydrogens (tertiary/aromatic N) is 1. The summed E-state index contributed by atoms with van der Waals surface area (Å²) in [5, 5.41) is 12.3. The predicted molar refractivity (Wildman–Crippen MR) is 61.0 cm³/mol. The van der Waals surface area contributed by atoms with Gasteiger partial charge in [-0.3, -0.25) is 4.90 Å². The van der Waals surface area contributed by atoms with Crippen molar-refractivity contribution in [3.05, 3.63) is 0 Å². The minimum Gasteiger partial charge on any atom is -0.394 e. The first-order valence-corrected chi connectivity index (χ1v) is 5.67. The third-order valence-electron chi connectivity index (χ3n) is 2.73. The van der Waals surface area contributed by atoms with Crippen LogP contribution in [0.4, 0.5) is 0 Å². The second-order valence-electron chi connectivity index (χ2n) is 5.11. The van der Waals surface area contributed by atoms with Gasteiger partial charge in [0.25, 0.3) is 0 Å². The van der Waals surface area contributed by atoms with Gasteiger partial charge in [0.15, 0.2) is 0 Å². The number of hydrogen-bond donors (Lipinski definition) is 2. The van der Waals surface area contributed by atoms with E-state index in [0.717, 1.165) is 32.8 Å². The minimum atomic E-state index is 0.00383. The van der Waals surface area contributed by atoms with Crippen LogP contribution in [0.15, 0.2) is 0 Å². The molecule has 0 aromatic carbocycles. The van der Waals surface area contributed by atoms with Gasteiger partial charge in [-0.2, -0.15) is 0 Å². The number of aliphatic hydroxyl groups is 1. The minimum absolute atomic E-state index is 0.00383. The Balaban J connectivity index is 2.36. The van der Waals surface area contributed by atoms with E-state index >= 15 is 0 Å². The SMILES string of the molecule is CNCC(C)(C)CN1CCOC(CO)C1. The van der Waals surface area contributed by atoms with Crippen LogP contribution in [-0.2, 0) is 4.74 Å². The molecule has 0 radical (unpaired) electrons. The summed E-state index contributed by atoms with van der Waals surface area (Å²) < 4.78 is 5.42. The summed E-state index contributed by atoms with van der Waals surface area (Å²) in [5.41, 5.74) is 0.270. The highest BCUT2D eigenvalue weighted by Gasteiger charge is 2.25. The average molecular weight is 216 g/mol. The van der Waals surface area contributed by atoms with E-state index in [4.69, 9.17) is 9.84 Å². The molecule has 1 rings (SSSR count). The van der Waals surface area contributed by atoms with Crippen molar-refractivity contribution >= 4 is 0 Å². The molecule has 0 saturated carbocycles. The maximum absolute atomic E-state index is 9.05. The molecule has 1 aliphatic heterocycles. The molecule has 4 nitrogen and oxygen atoms in total. The van der Waals surface area contributed by atoms with Gasteiger partial charge in [-0.25, -0.2) is 0 Å². The first-order valence-electron chi connectivity index (χ1n) is 5.67. The lowest BCUT2D eigenvalue weighted by Gasteiger charge is -2.37. The summed E-state index contributed by atoms with van der Waals surface area (Å²) in [6.07, 6.45) is 0.00383. The topological polar surface area (TPSA) is 44.7 Å². The Morgan fingerprint density at radius 1 is 1.53 bits per heavy atom. The van der Waals surface area contributed by atoms with Crippen LogP contribution in [0.1, 0.15) is 13.8 Å². The lowest BCUT2D eigenvalue weighted by atomic mass is 9.92. The van der Waals surface area contributed by atoms with Crippen molar-refractivity contribution < 1.29 is 9.84 Å². The zero-order valence-corrected chi connectivity index (χ0v) is 10.1. The Morgan fingerprint density at radius 2 is 2.27 bits per heavy atom. The van der Waals surface area contributed by atoms with Crippen LogP contribution in [-0.4, -0.2) is 62.6 Å². The Kier molecular flexibility index (Phi) is 4.99. The van der Waals surface area contributed by atoms with E-state index in [9.17, 15) is 0 Å². The van der Waals surface area contributed by atoms with Crippen LogP contribution >= 0.6 is 0 Å². The Bertz CT molecular complexity index is 185. The fourth-order valence-electron chi connectivity index (χ4n) is 2.17. The Labute approximate surface area is 92.6 Å². The molecule has 0 aromatic rings. The standard InChI is InChI=1S/C11H24N2O2/c1-11(2,8-12-3)9-13-4-5-15-10(6-13)7-14/h10,12,14H,4-9H2,1-3H3. The Hall–Kier alpha value is -0.160. The highest BCUT2D eigenvalue weighted by atomic mass is 16.5. The van der Waals surface area contributed by atoms with Gasteiger partial charge in [0.2, 0.25) is 0 Å². The molecule has 1 saturated heterocycles. The number of hydrogen-bond acceptors (Lipinski definition) is 4. The number of nitrogens with one attached hydrogen (secondary N) is 1. The van der Waals surface area contributed by atoms with Crippen molar-refractivity contribution in [2.75, 3.05) is 46.4 Å². The van der Waals surface area contributed by atoms with Crippen molar-refractivity contribution in [1.82, 2.24) is 10.2 Å². The van der Waals surface area contributed by atoms with Gasteiger partial charge in [0.1, 0.15) is 0 Å². The van der Waals surface area contributed by atoms with Crippen molar-refractivity contribution in [2.24, 2.45) is 5.41 Å². The summed E-state index contributed by atoms with van der Waals surface area (Å²) in [6.45, 7) is 9.26. The molecule has 2 N–H and O–H groups in total. The van der Waals surface area contributed by atoms with E-state index in [2.05, 4.69) is 24.1 Å². The van der Waals surface area contributed by atoms with E-state index in [-0.39, 0.29) is 18.1 Å². The summed E-state index contributed by atoms with van der Waals surface area (Å²) in [6, 6.07) is 0. The first kappa shape index (κ1) is 12.9. The summed E-state index contributed by atoms with van der Waals surface area (Å²) >= 11 is 0. The quantitative estimate of drug-likeness (QED) is 0.675. The van der Waals surface area contributed by atoms with Crippen molar-refractivity contribution in [3.8, 4) is 0 Å². The summed E-state index contributed by atoms with van der Waals surface area (Å²) in [5.74, 6) is 0. The number of morpholine rings is 1. The van der Waals surface area contributed by atoms with Crippen molar-refractivity contribution in [3.63, 3.8) is 0 Å². The molecule has 0 aromatic heterocycles. The van der Waals surface area contributed by atoms with Crippen LogP contribution in [0.2, 0.25) is 0 Å². The molecule has 0 aliphatic carbocycles. The Morgan fingerprint density at radius 3 is 2.87 bits per heavy atom. The normalized spacial score (nSPS) is 24.4. The van der Waals surface area contributed by atoms with E-state index in [1.807, 2.05) is 7.05 Å². The van der Waals surface area contributed by atoms with Crippen LogP contribution in [0.25, 0.3) is 0 Å². The third kappa shape index (κ3) is 4.47. The summed E-state index contributed by atoms with van der Waals surface area (Å²) in [7, 11) is 1.98. The average Bonchev–Trinajstić information content (AvgIpc) is 2.17. The molecule has 0 amide bonds. The van der Waals surface area contributed by atoms with Gasteiger partial charge in [-0.05, 0) is 12.5 Å². The maximum Gasteiger partial charge on any atom is 0.0932 e. The molecular formula is C11H24N2O2. The van der Waals surface area contributed by atoms with E-state index in [1.54, 1.807) is 0 Å². The molecule has 1 fully saturated rings. The fraction of sp³-hybridized carbons (Fsp3) is 1.00. The smallest absolute Gasteiger partial charge is 0.0932 e. The molecule has 15 heavy (non-hydrogen) atoms. The number of aliphatic hydroxyl groups excluding tert-OH is 1. The van der Waals surface area contributed by atoms with Gasteiger partial charge < -0.3 is 15.2 Å². The molecule has 0 bridgehead atoms. The molecule has 1 heterocycles.